The van der Waals surface area contributed by atoms with Crippen LogP contribution in [-0.4, -0.2) is 96.1 Å². The first-order valence-corrected chi connectivity index (χ1v) is 18.9. The zero-order valence-corrected chi connectivity index (χ0v) is 31.0. The number of hydrogen-bond acceptors (Lipinski definition) is 9. The predicted molar refractivity (Wildman–Crippen MR) is 197 cm³/mol. The molecule has 0 amide bonds. The number of ether oxygens (including phenoxy) is 9. The van der Waals surface area contributed by atoms with E-state index in [1.807, 2.05) is 54.6 Å². The molecule has 9 nitrogen and oxygen atoms in total. The zero-order chi connectivity index (χ0) is 35.7. The van der Waals surface area contributed by atoms with Gasteiger partial charge in [-0.1, -0.05) is 95.1 Å². The van der Waals surface area contributed by atoms with Gasteiger partial charge in [0.2, 0.25) is 0 Å². The highest BCUT2D eigenvalue weighted by Gasteiger charge is 2.28. The Morgan fingerprint density at radius 3 is 0.824 bits per heavy atom. The molecule has 9 heteroatoms. The molecule has 6 aliphatic rings. The Morgan fingerprint density at radius 2 is 0.608 bits per heavy atom. The second kappa shape index (κ2) is 21.4. The van der Waals surface area contributed by atoms with E-state index in [1.165, 1.54) is 29.5 Å². The summed E-state index contributed by atoms with van der Waals surface area (Å²) < 4.78 is 48.1. The Balaban J connectivity index is 0.000000137. The molecule has 0 radical (unpaired) electrons. The zero-order valence-electron chi connectivity index (χ0n) is 31.0. The first kappa shape index (κ1) is 39.0. The van der Waals surface area contributed by atoms with Gasteiger partial charge < -0.3 is 42.6 Å². The highest BCUT2D eigenvalue weighted by atomic mass is 16.6. The Labute approximate surface area is 304 Å². The van der Waals surface area contributed by atoms with E-state index in [4.69, 9.17) is 42.6 Å². The average molecular weight is 707 g/mol. The van der Waals surface area contributed by atoms with Crippen LogP contribution in [-0.2, 0) is 47.7 Å². The van der Waals surface area contributed by atoms with Gasteiger partial charge >= 0.3 is 0 Å². The van der Waals surface area contributed by atoms with Crippen LogP contribution in [0, 0.1) is 0 Å². The van der Waals surface area contributed by atoms with Gasteiger partial charge in [0.25, 0.3) is 0 Å². The minimum atomic E-state index is 0.315. The van der Waals surface area contributed by atoms with Crippen molar-refractivity contribution in [3.05, 3.63) is 89.5 Å². The molecule has 0 aliphatic carbocycles. The summed E-state index contributed by atoms with van der Waals surface area (Å²) in [5.74, 6) is 2.93. The second-order valence-electron chi connectivity index (χ2n) is 13.5. The summed E-state index contributed by atoms with van der Waals surface area (Å²) in [5, 5.41) is 0. The number of epoxide rings is 6. The van der Waals surface area contributed by atoms with Gasteiger partial charge in [-0.05, 0) is 34.9 Å². The van der Waals surface area contributed by atoms with Crippen molar-refractivity contribution in [2.24, 2.45) is 0 Å². The number of benzene rings is 3. The molecule has 6 unspecified atom stereocenters. The lowest BCUT2D eigenvalue weighted by molar-refractivity contribution is 0.260. The molecule has 6 saturated heterocycles. The first-order valence-electron chi connectivity index (χ1n) is 18.9. The number of rotatable bonds is 15. The smallest absolute Gasteiger partial charge is 0.122 e. The molecule has 0 bridgehead atoms. The predicted octanol–water partition coefficient (Wildman–Crippen LogP) is 7.05. The lowest BCUT2D eigenvalue weighted by Crippen LogP contribution is -2.06. The van der Waals surface area contributed by atoms with Gasteiger partial charge in [0.05, 0.1) is 58.0 Å². The van der Waals surface area contributed by atoms with Crippen molar-refractivity contribution in [2.45, 2.75) is 96.4 Å². The maximum atomic E-state index is 5.71. The number of para-hydroxylation sites is 3. The van der Waals surface area contributed by atoms with Gasteiger partial charge in [-0.15, -0.1) is 0 Å². The maximum absolute atomic E-state index is 5.71. The molecule has 9 rings (SSSR count). The number of hydrogen-bond donors (Lipinski definition) is 0. The van der Waals surface area contributed by atoms with E-state index in [9.17, 15) is 0 Å². The van der Waals surface area contributed by atoms with Crippen LogP contribution in [0.4, 0.5) is 0 Å². The van der Waals surface area contributed by atoms with Crippen LogP contribution in [0.2, 0.25) is 0 Å². The van der Waals surface area contributed by atoms with E-state index >= 15 is 0 Å². The van der Waals surface area contributed by atoms with Crippen molar-refractivity contribution in [3.8, 4) is 17.2 Å². The third-order valence-electron chi connectivity index (χ3n) is 7.95. The fraction of sp³-hybridized carbons (Fsp3) is 0.571. The lowest BCUT2D eigenvalue weighted by Gasteiger charge is -2.09. The molecular weight excluding hydrogens is 648 g/mol. The third kappa shape index (κ3) is 16.8. The van der Waals surface area contributed by atoms with Crippen LogP contribution < -0.4 is 14.2 Å². The third-order valence-corrected chi connectivity index (χ3v) is 7.95. The fourth-order valence-electron chi connectivity index (χ4n) is 4.77. The highest BCUT2D eigenvalue weighted by molar-refractivity contribution is 5.36. The fourth-order valence-corrected chi connectivity index (χ4v) is 4.77. The molecule has 6 atom stereocenters. The first-order chi connectivity index (χ1) is 25.1. The molecule has 3 aromatic rings. The van der Waals surface area contributed by atoms with Gasteiger partial charge in [-0.25, -0.2) is 0 Å². The Morgan fingerprint density at radius 1 is 0.392 bits per heavy atom. The van der Waals surface area contributed by atoms with Crippen LogP contribution in [0.5, 0.6) is 17.2 Å². The van der Waals surface area contributed by atoms with E-state index < -0.39 is 0 Å². The van der Waals surface area contributed by atoms with Gasteiger partial charge in [0.15, 0.2) is 0 Å². The normalized spacial score (nSPS) is 24.9. The van der Waals surface area contributed by atoms with Gasteiger partial charge in [-0.2, -0.15) is 0 Å². The van der Waals surface area contributed by atoms with Crippen LogP contribution in [0.3, 0.4) is 0 Å². The van der Waals surface area contributed by atoms with E-state index in [0.29, 0.717) is 56.4 Å². The molecule has 51 heavy (non-hydrogen) atoms. The molecule has 6 fully saturated rings. The quantitative estimate of drug-likeness (QED) is 0.154. The van der Waals surface area contributed by atoms with Crippen molar-refractivity contribution in [1.29, 1.82) is 0 Å². The van der Waals surface area contributed by atoms with E-state index in [1.54, 1.807) is 0 Å². The van der Waals surface area contributed by atoms with Crippen molar-refractivity contribution >= 4 is 0 Å². The monoisotopic (exact) mass is 706 g/mol. The van der Waals surface area contributed by atoms with Crippen molar-refractivity contribution in [2.75, 3.05) is 59.5 Å². The second-order valence-corrected chi connectivity index (χ2v) is 13.5. The maximum Gasteiger partial charge on any atom is 0.122 e. The van der Waals surface area contributed by atoms with Gasteiger partial charge in [0.1, 0.15) is 55.4 Å². The van der Waals surface area contributed by atoms with E-state index in [-0.39, 0.29) is 0 Å². The topological polar surface area (TPSA) is 103 Å². The summed E-state index contributed by atoms with van der Waals surface area (Å²) in [6, 6.07) is 24.5. The molecule has 3 aromatic carbocycles. The molecule has 6 heterocycles. The minimum absolute atomic E-state index is 0.315. The summed E-state index contributed by atoms with van der Waals surface area (Å²) in [5.41, 5.74) is 3.71. The molecule has 0 saturated carbocycles. The summed E-state index contributed by atoms with van der Waals surface area (Å²) in [7, 11) is 0. The van der Waals surface area contributed by atoms with Crippen LogP contribution in [0.15, 0.2) is 72.8 Å². The van der Waals surface area contributed by atoms with Crippen molar-refractivity contribution in [1.82, 2.24) is 0 Å². The van der Waals surface area contributed by atoms with Crippen LogP contribution >= 0.6 is 0 Å². The summed E-state index contributed by atoms with van der Waals surface area (Å²) in [6.45, 7) is 15.7. The summed E-state index contributed by atoms with van der Waals surface area (Å²) in [4.78, 5) is 0. The van der Waals surface area contributed by atoms with E-state index in [2.05, 4.69) is 45.9 Å². The van der Waals surface area contributed by atoms with Gasteiger partial charge in [0, 0.05) is 19.3 Å². The molecule has 0 aromatic heterocycles. The Bertz CT molecular complexity index is 1230. The standard InChI is InChI=1S/3C12H14O3.2C3H8/c3*1-2-4-12(15-8-11-7-14-11)9(3-1)5-10-6-13-10;2*1-3-2/h3*1-4,10-11H,5-8H2;2*3H2,1-2H3. The Hall–Kier alpha value is -3.18. The summed E-state index contributed by atoms with van der Waals surface area (Å²) >= 11 is 0. The molecule has 280 valence electrons. The molecule has 0 spiro atoms. The van der Waals surface area contributed by atoms with Crippen molar-refractivity contribution in [3.63, 3.8) is 0 Å². The van der Waals surface area contributed by atoms with Crippen molar-refractivity contribution < 1.29 is 42.6 Å². The summed E-state index contributed by atoms with van der Waals surface area (Å²) in [6.07, 6.45) is 7.55. The highest BCUT2D eigenvalue weighted by Crippen LogP contribution is 2.27. The molecule has 6 aliphatic heterocycles. The Kier molecular flexibility index (Phi) is 16.4. The van der Waals surface area contributed by atoms with Gasteiger partial charge in [-0.3, -0.25) is 0 Å². The lowest BCUT2D eigenvalue weighted by atomic mass is 10.1. The SMILES string of the molecule is CCC.CCC.c1ccc(OCC2CO2)c(CC2CO2)c1.c1ccc(OCC2CO2)c(CC2CO2)c1.c1ccc(OCC2CO2)c(CC2CO2)c1. The van der Waals surface area contributed by atoms with E-state index in [0.717, 1.165) is 76.2 Å². The average Bonchev–Trinajstić information content (AvgIpc) is 3.92. The molecule has 0 N–H and O–H groups in total. The largest absolute Gasteiger partial charge is 0.491 e. The van der Waals surface area contributed by atoms with Crippen LogP contribution in [0.25, 0.3) is 0 Å². The van der Waals surface area contributed by atoms with Crippen LogP contribution in [0.1, 0.15) is 57.2 Å². The minimum Gasteiger partial charge on any atom is -0.491 e. The molecular formula is C42H58O9.